The standard InChI is InChI=1S/C13H14N2O3/c1-15-10(3-5-13(16)17)8-18-12-6-9(7-14)2-4-11(12)15/h2,4,6,10H,3,5,8H2,1H3,(H,16,17). The Kier molecular flexibility index (Phi) is 3.38. The van der Waals surface area contributed by atoms with E-state index in [-0.39, 0.29) is 12.5 Å². The van der Waals surface area contributed by atoms with E-state index < -0.39 is 5.97 Å². The number of benzene rings is 1. The number of nitriles is 1. The van der Waals surface area contributed by atoms with Crippen LogP contribution in [-0.2, 0) is 4.79 Å². The second kappa shape index (κ2) is 4.96. The summed E-state index contributed by atoms with van der Waals surface area (Å²) in [6.07, 6.45) is 0.676. The fraction of sp³-hybridized carbons (Fsp3) is 0.385. The minimum absolute atomic E-state index is 0.0570. The molecule has 2 rings (SSSR count). The van der Waals surface area contributed by atoms with Crippen molar-refractivity contribution in [1.29, 1.82) is 5.26 Å². The Morgan fingerprint density at radius 2 is 2.44 bits per heavy atom. The molecule has 0 radical (unpaired) electrons. The maximum absolute atomic E-state index is 10.6. The zero-order chi connectivity index (χ0) is 13.1. The van der Waals surface area contributed by atoms with Gasteiger partial charge in [0.2, 0.25) is 0 Å². The summed E-state index contributed by atoms with van der Waals surface area (Å²) in [6.45, 7) is 0.450. The number of anilines is 1. The summed E-state index contributed by atoms with van der Waals surface area (Å²) in [5.41, 5.74) is 1.46. The second-order valence-corrected chi connectivity index (χ2v) is 4.30. The average molecular weight is 246 g/mol. The highest BCUT2D eigenvalue weighted by molar-refractivity contribution is 5.67. The van der Waals surface area contributed by atoms with Gasteiger partial charge in [-0.25, -0.2) is 0 Å². The number of carboxylic acids is 1. The molecule has 1 aliphatic rings. The van der Waals surface area contributed by atoms with Crippen LogP contribution in [0.25, 0.3) is 0 Å². The lowest BCUT2D eigenvalue weighted by molar-refractivity contribution is -0.137. The highest BCUT2D eigenvalue weighted by Crippen LogP contribution is 2.34. The molecule has 1 unspecified atom stereocenters. The molecule has 0 fully saturated rings. The smallest absolute Gasteiger partial charge is 0.303 e. The molecule has 1 atom stereocenters. The summed E-state index contributed by atoms with van der Waals surface area (Å²) in [7, 11) is 1.92. The molecule has 0 spiro atoms. The zero-order valence-corrected chi connectivity index (χ0v) is 10.1. The van der Waals surface area contributed by atoms with Gasteiger partial charge in [-0.1, -0.05) is 0 Å². The largest absolute Gasteiger partial charge is 0.489 e. The number of aliphatic carboxylic acids is 1. The predicted octanol–water partition coefficient (Wildman–Crippen LogP) is 1.62. The van der Waals surface area contributed by atoms with E-state index in [1.165, 1.54) is 0 Å². The number of ether oxygens (including phenoxy) is 1. The van der Waals surface area contributed by atoms with Gasteiger partial charge in [0.25, 0.3) is 0 Å². The van der Waals surface area contributed by atoms with Gasteiger partial charge in [0.15, 0.2) is 0 Å². The number of carbonyl (C=O) groups is 1. The van der Waals surface area contributed by atoms with Crippen LogP contribution in [0.4, 0.5) is 5.69 Å². The Morgan fingerprint density at radius 1 is 1.67 bits per heavy atom. The number of nitrogens with zero attached hydrogens (tertiary/aromatic N) is 2. The molecule has 0 bridgehead atoms. The summed E-state index contributed by atoms with van der Waals surface area (Å²) in [5.74, 6) is -0.114. The SMILES string of the molecule is CN1c2ccc(C#N)cc2OCC1CCC(=O)O. The van der Waals surface area contributed by atoms with Gasteiger partial charge < -0.3 is 14.7 Å². The Morgan fingerprint density at radius 3 is 3.11 bits per heavy atom. The van der Waals surface area contributed by atoms with Crippen molar-refractivity contribution in [3.05, 3.63) is 23.8 Å². The molecule has 0 saturated heterocycles. The van der Waals surface area contributed by atoms with Crippen LogP contribution in [0.2, 0.25) is 0 Å². The Bertz CT molecular complexity index is 507. The van der Waals surface area contributed by atoms with E-state index in [0.717, 1.165) is 5.69 Å². The number of carboxylic acid groups (broad SMARTS) is 1. The van der Waals surface area contributed by atoms with E-state index in [1.54, 1.807) is 12.1 Å². The summed E-state index contributed by atoms with van der Waals surface area (Å²) in [5, 5.41) is 17.5. The molecular weight excluding hydrogens is 232 g/mol. The molecule has 5 heteroatoms. The lowest BCUT2D eigenvalue weighted by Crippen LogP contribution is -2.40. The highest BCUT2D eigenvalue weighted by Gasteiger charge is 2.25. The molecule has 0 aliphatic carbocycles. The van der Waals surface area contributed by atoms with Crippen LogP contribution in [0, 0.1) is 11.3 Å². The van der Waals surface area contributed by atoms with E-state index >= 15 is 0 Å². The molecule has 1 aliphatic heterocycles. The van der Waals surface area contributed by atoms with Gasteiger partial charge in [0.1, 0.15) is 12.4 Å². The quantitative estimate of drug-likeness (QED) is 0.877. The molecule has 94 valence electrons. The predicted molar refractivity (Wildman–Crippen MR) is 65.7 cm³/mol. The average Bonchev–Trinajstić information content (AvgIpc) is 2.37. The monoisotopic (exact) mass is 246 g/mol. The van der Waals surface area contributed by atoms with Gasteiger partial charge in [-0.15, -0.1) is 0 Å². The van der Waals surface area contributed by atoms with E-state index in [4.69, 9.17) is 15.1 Å². The van der Waals surface area contributed by atoms with E-state index in [1.807, 2.05) is 18.0 Å². The van der Waals surface area contributed by atoms with Crippen LogP contribution in [0.5, 0.6) is 5.75 Å². The third-order valence-corrected chi connectivity index (χ3v) is 3.14. The molecule has 1 aromatic carbocycles. The second-order valence-electron chi connectivity index (χ2n) is 4.30. The van der Waals surface area contributed by atoms with Crippen molar-refractivity contribution >= 4 is 11.7 Å². The summed E-state index contributed by atoms with van der Waals surface area (Å²) < 4.78 is 5.60. The first-order valence-electron chi connectivity index (χ1n) is 5.73. The lowest BCUT2D eigenvalue weighted by Gasteiger charge is -2.35. The molecule has 0 aromatic heterocycles. The van der Waals surface area contributed by atoms with E-state index in [0.29, 0.717) is 24.3 Å². The molecule has 5 nitrogen and oxygen atoms in total. The molecule has 0 amide bonds. The van der Waals surface area contributed by atoms with Crippen molar-refractivity contribution in [3.63, 3.8) is 0 Å². The number of rotatable bonds is 3. The fourth-order valence-corrected chi connectivity index (χ4v) is 2.05. The molecular formula is C13H14N2O3. The topological polar surface area (TPSA) is 73.6 Å². The molecule has 0 saturated carbocycles. The first-order chi connectivity index (χ1) is 8.61. The summed E-state index contributed by atoms with van der Waals surface area (Å²) in [4.78, 5) is 12.6. The van der Waals surface area contributed by atoms with Gasteiger partial charge in [0.05, 0.1) is 23.4 Å². The molecule has 1 N–H and O–H groups in total. The minimum atomic E-state index is -0.797. The van der Waals surface area contributed by atoms with E-state index in [2.05, 4.69) is 6.07 Å². The third kappa shape index (κ3) is 2.38. The third-order valence-electron chi connectivity index (χ3n) is 3.14. The van der Waals surface area contributed by atoms with Crippen LogP contribution in [-0.4, -0.2) is 30.8 Å². The van der Waals surface area contributed by atoms with Gasteiger partial charge in [0, 0.05) is 19.5 Å². The van der Waals surface area contributed by atoms with Crippen molar-refractivity contribution in [1.82, 2.24) is 0 Å². The van der Waals surface area contributed by atoms with Crippen molar-refractivity contribution in [2.45, 2.75) is 18.9 Å². The normalized spacial score (nSPS) is 17.6. The number of hydrogen-bond donors (Lipinski definition) is 1. The fourth-order valence-electron chi connectivity index (χ4n) is 2.05. The van der Waals surface area contributed by atoms with Crippen LogP contribution < -0.4 is 9.64 Å². The maximum atomic E-state index is 10.6. The maximum Gasteiger partial charge on any atom is 0.303 e. The number of hydrogen-bond acceptors (Lipinski definition) is 4. The molecule has 1 heterocycles. The summed E-state index contributed by atoms with van der Waals surface area (Å²) >= 11 is 0. The van der Waals surface area contributed by atoms with Gasteiger partial charge in [-0.05, 0) is 18.6 Å². The van der Waals surface area contributed by atoms with Crippen molar-refractivity contribution in [2.75, 3.05) is 18.6 Å². The van der Waals surface area contributed by atoms with Crippen LogP contribution >= 0.6 is 0 Å². The van der Waals surface area contributed by atoms with Gasteiger partial charge in [-0.2, -0.15) is 5.26 Å². The molecule has 1 aromatic rings. The summed E-state index contributed by atoms with van der Waals surface area (Å²) in [6, 6.07) is 7.40. The first-order valence-corrected chi connectivity index (χ1v) is 5.73. The first kappa shape index (κ1) is 12.2. The van der Waals surface area contributed by atoms with Gasteiger partial charge in [-0.3, -0.25) is 4.79 Å². The Hall–Kier alpha value is -2.22. The van der Waals surface area contributed by atoms with E-state index in [9.17, 15) is 4.79 Å². The van der Waals surface area contributed by atoms with Crippen molar-refractivity contribution in [2.24, 2.45) is 0 Å². The highest BCUT2D eigenvalue weighted by atomic mass is 16.5. The van der Waals surface area contributed by atoms with Gasteiger partial charge >= 0.3 is 5.97 Å². The lowest BCUT2D eigenvalue weighted by atomic mass is 10.1. The minimum Gasteiger partial charge on any atom is -0.489 e. The Balaban J connectivity index is 2.16. The Labute approximate surface area is 105 Å². The van der Waals surface area contributed by atoms with Crippen LogP contribution in [0.3, 0.4) is 0 Å². The van der Waals surface area contributed by atoms with Crippen molar-refractivity contribution < 1.29 is 14.6 Å². The van der Waals surface area contributed by atoms with Crippen LogP contribution in [0.15, 0.2) is 18.2 Å². The molecule has 18 heavy (non-hydrogen) atoms. The zero-order valence-electron chi connectivity index (χ0n) is 10.1. The number of likely N-dealkylation sites (N-methyl/N-ethyl adjacent to an activating group) is 1. The number of fused-ring (bicyclic) bond motifs is 1. The van der Waals surface area contributed by atoms with Crippen molar-refractivity contribution in [3.8, 4) is 11.8 Å². The van der Waals surface area contributed by atoms with Crippen LogP contribution in [0.1, 0.15) is 18.4 Å².